The standard InChI is InChI=1S/C14H23NO3/c1-9(2)12(16)10-7-6-8-11(10)15-13(17)18-14(3,4)5/h10-11H,1,6-8H2,2-5H3,(H,15,17). The molecule has 1 N–H and O–H groups in total. The zero-order valence-corrected chi connectivity index (χ0v) is 11.7. The lowest BCUT2D eigenvalue weighted by Crippen LogP contribution is -2.43. The van der Waals surface area contributed by atoms with Gasteiger partial charge in [0.05, 0.1) is 0 Å². The number of ketones is 1. The van der Waals surface area contributed by atoms with Crippen LogP contribution < -0.4 is 5.32 Å². The molecule has 4 heteroatoms. The van der Waals surface area contributed by atoms with Gasteiger partial charge in [-0.3, -0.25) is 4.79 Å². The van der Waals surface area contributed by atoms with Crippen LogP contribution in [0, 0.1) is 5.92 Å². The molecule has 102 valence electrons. The van der Waals surface area contributed by atoms with E-state index in [1.807, 2.05) is 20.8 Å². The Hall–Kier alpha value is -1.32. The van der Waals surface area contributed by atoms with E-state index in [4.69, 9.17) is 4.74 Å². The van der Waals surface area contributed by atoms with Gasteiger partial charge in [0.2, 0.25) is 0 Å². The highest BCUT2D eigenvalue weighted by molar-refractivity contribution is 5.96. The van der Waals surface area contributed by atoms with Crippen LogP contribution in [0.2, 0.25) is 0 Å². The van der Waals surface area contributed by atoms with Crippen LogP contribution in [0.3, 0.4) is 0 Å². The summed E-state index contributed by atoms with van der Waals surface area (Å²) in [5, 5.41) is 2.80. The first-order valence-corrected chi connectivity index (χ1v) is 6.40. The lowest BCUT2D eigenvalue weighted by atomic mass is 9.94. The number of amides is 1. The molecule has 0 heterocycles. The molecule has 0 aromatic carbocycles. The van der Waals surface area contributed by atoms with Crippen molar-refractivity contribution in [2.45, 2.75) is 58.6 Å². The third kappa shape index (κ3) is 4.17. The first-order valence-electron chi connectivity index (χ1n) is 6.40. The molecule has 2 atom stereocenters. The molecule has 0 radical (unpaired) electrons. The minimum Gasteiger partial charge on any atom is -0.444 e. The number of carbonyl (C=O) groups is 2. The topological polar surface area (TPSA) is 55.4 Å². The molecule has 0 spiro atoms. The van der Waals surface area contributed by atoms with Gasteiger partial charge in [-0.2, -0.15) is 0 Å². The fraction of sp³-hybridized carbons (Fsp3) is 0.714. The van der Waals surface area contributed by atoms with E-state index in [9.17, 15) is 9.59 Å². The first kappa shape index (κ1) is 14.7. The summed E-state index contributed by atoms with van der Waals surface area (Å²) in [6.07, 6.45) is 2.13. The second kappa shape index (κ2) is 5.55. The number of alkyl carbamates (subject to hydrolysis) is 1. The summed E-state index contributed by atoms with van der Waals surface area (Å²) in [5.74, 6) is -0.0939. The van der Waals surface area contributed by atoms with Crippen molar-refractivity contribution in [1.82, 2.24) is 5.32 Å². The van der Waals surface area contributed by atoms with Gasteiger partial charge in [-0.15, -0.1) is 0 Å². The number of allylic oxidation sites excluding steroid dienone is 1. The van der Waals surface area contributed by atoms with Crippen LogP contribution in [-0.2, 0) is 9.53 Å². The fourth-order valence-corrected chi connectivity index (χ4v) is 2.22. The van der Waals surface area contributed by atoms with Crippen molar-refractivity contribution >= 4 is 11.9 Å². The predicted molar refractivity (Wildman–Crippen MR) is 70.3 cm³/mol. The predicted octanol–water partition coefficient (Wildman–Crippen LogP) is 2.83. The van der Waals surface area contributed by atoms with Crippen LogP contribution in [0.15, 0.2) is 12.2 Å². The molecule has 18 heavy (non-hydrogen) atoms. The molecule has 1 aliphatic carbocycles. The molecule has 1 aliphatic rings. The Morgan fingerprint density at radius 3 is 2.39 bits per heavy atom. The fourth-order valence-electron chi connectivity index (χ4n) is 2.22. The van der Waals surface area contributed by atoms with Crippen molar-refractivity contribution in [2.75, 3.05) is 0 Å². The summed E-state index contributed by atoms with van der Waals surface area (Å²) >= 11 is 0. The Kier molecular flexibility index (Phi) is 4.54. The summed E-state index contributed by atoms with van der Waals surface area (Å²) < 4.78 is 5.20. The summed E-state index contributed by atoms with van der Waals surface area (Å²) in [6, 6.07) is -0.121. The van der Waals surface area contributed by atoms with Crippen molar-refractivity contribution in [3.63, 3.8) is 0 Å². The highest BCUT2D eigenvalue weighted by atomic mass is 16.6. The normalized spacial score (nSPS) is 23.6. The maximum Gasteiger partial charge on any atom is 0.407 e. The Labute approximate surface area is 109 Å². The highest BCUT2D eigenvalue weighted by Crippen LogP contribution is 2.28. The summed E-state index contributed by atoms with van der Waals surface area (Å²) in [6.45, 7) is 10.8. The number of rotatable bonds is 3. The zero-order chi connectivity index (χ0) is 13.9. The Morgan fingerprint density at radius 2 is 1.89 bits per heavy atom. The number of ether oxygens (including phenoxy) is 1. The van der Waals surface area contributed by atoms with Gasteiger partial charge in [-0.05, 0) is 46.1 Å². The second-order valence-electron chi connectivity index (χ2n) is 5.93. The van der Waals surface area contributed by atoms with Gasteiger partial charge < -0.3 is 10.1 Å². The summed E-state index contributed by atoms with van der Waals surface area (Å²) in [7, 11) is 0. The average molecular weight is 253 g/mol. The SMILES string of the molecule is C=C(C)C(=O)C1CCCC1NC(=O)OC(C)(C)C. The van der Waals surface area contributed by atoms with Gasteiger partial charge in [0.15, 0.2) is 5.78 Å². The van der Waals surface area contributed by atoms with Crippen LogP contribution in [-0.4, -0.2) is 23.5 Å². The van der Waals surface area contributed by atoms with E-state index in [-0.39, 0.29) is 17.7 Å². The van der Waals surface area contributed by atoms with Crippen LogP contribution in [0.5, 0.6) is 0 Å². The molecule has 1 amide bonds. The molecule has 1 saturated carbocycles. The Balaban J connectivity index is 2.58. The van der Waals surface area contributed by atoms with Gasteiger partial charge in [0.1, 0.15) is 5.60 Å². The molecule has 0 aromatic heterocycles. The quantitative estimate of drug-likeness (QED) is 0.787. The van der Waals surface area contributed by atoms with Gasteiger partial charge >= 0.3 is 6.09 Å². The molecule has 0 saturated heterocycles. The Morgan fingerprint density at radius 1 is 1.28 bits per heavy atom. The van der Waals surface area contributed by atoms with Crippen molar-refractivity contribution in [2.24, 2.45) is 5.92 Å². The lowest BCUT2D eigenvalue weighted by molar-refractivity contribution is -0.119. The third-order valence-electron chi connectivity index (χ3n) is 2.98. The first-order chi connectivity index (χ1) is 8.20. The number of nitrogens with one attached hydrogen (secondary N) is 1. The van der Waals surface area contributed by atoms with Crippen molar-refractivity contribution < 1.29 is 14.3 Å². The van der Waals surface area contributed by atoms with Crippen LogP contribution in [0.25, 0.3) is 0 Å². The summed E-state index contributed by atoms with van der Waals surface area (Å²) in [4.78, 5) is 23.6. The van der Waals surface area contributed by atoms with Crippen LogP contribution in [0.4, 0.5) is 4.79 Å². The maximum atomic E-state index is 11.9. The van der Waals surface area contributed by atoms with Crippen molar-refractivity contribution in [3.8, 4) is 0 Å². The van der Waals surface area contributed by atoms with Crippen LogP contribution >= 0.6 is 0 Å². The molecular weight excluding hydrogens is 230 g/mol. The largest absolute Gasteiger partial charge is 0.444 e. The lowest BCUT2D eigenvalue weighted by Gasteiger charge is -2.24. The molecule has 0 bridgehead atoms. The van der Waals surface area contributed by atoms with E-state index in [1.54, 1.807) is 6.92 Å². The zero-order valence-electron chi connectivity index (χ0n) is 11.7. The highest BCUT2D eigenvalue weighted by Gasteiger charge is 2.34. The molecule has 1 fully saturated rings. The minimum atomic E-state index is -0.517. The smallest absolute Gasteiger partial charge is 0.407 e. The van der Waals surface area contributed by atoms with Crippen LogP contribution in [0.1, 0.15) is 47.0 Å². The molecule has 0 aromatic rings. The monoisotopic (exact) mass is 253 g/mol. The molecule has 2 unspecified atom stereocenters. The van der Waals surface area contributed by atoms with Gasteiger partial charge in [-0.1, -0.05) is 13.0 Å². The molecular formula is C14H23NO3. The van der Waals surface area contributed by atoms with Crippen molar-refractivity contribution in [1.29, 1.82) is 0 Å². The average Bonchev–Trinajstić information content (AvgIpc) is 2.61. The molecule has 4 nitrogen and oxygen atoms in total. The van der Waals surface area contributed by atoms with E-state index < -0.39 is 11.7 Å². The Bertz CT molecular complexity index is 355. The summed E-state index contributed by atoms with van der Waals surface area (Å²) in [5.41, 5.74) is 0.0363. The van der Waals surface area contributed by atoms with Gasteiger partial charge in [0, 0.05) is 12.0 Å². The number of hydrogen-bond donors (Lipinski definition) is 1. The van der Waals surface area contributed by atoms with E-state index >= 15 is 0 Å². The number of Topliss-reactive ketones (excluding diaryl/α,β-unsaturated/α-hetero) is 1. The number of carbonyl (C=O) groups excluding carboxylic acids is 2. The maximum absolute atomic E-state index is 11.9. The van der Waals surface area contributed by atoms with E-state index in [2.05, 4.69) is 11.9 Å². The molecule has 1 rings (SSSR count). The third-order valence-corrected chi connectivity index (χ3v) is 2.98. The second-order valence-corrected chi connectivity index (χ2v) is 5.93. The minimum absolute atomic E-state index is 0.0496. The van der Waals surface area contributed by atoms with E-state index in [0.717, 1.165) is 19.3 Å². The van der Waals surface area contributed by atoms with Gasteiger partial charge in [0.25, 0.3) is 0 Å². The number of hydrogen-bond acceptors (Lipinski definition) is 3. The van der Waals surface area contributed by atoms with E-state index in [0.29, 0.717) is 5.57 Å². The van der Waals surface area contributed by atoms with Crippen molar-refractivity contribution in [3.05, 3.63) is 12.2 Å². The van der Waals surface area contributed by atoms with Gasteiger partial charge in [-0.25, -0.2) is 4.79 Å². The molecule has 0 aliphatic heterocycles. The van der Waals surface area contributed by atoms with E-state index in [1.165, 1.54) is 0 Å².